The van der Waals surface area contributed by atoms with Crippen molar-refractivity contribution in [3.05, 3.63) is 34.4 Å². The molecule has 0 aliphatic rings. The maximum Gasteiger partial charge on any atom is 0.418 e. The van der Waals surface area contributed by atoms with Gasteiger partial charge in [-0.1, -0.05) is 39.5 Å². The molecule has 0 fully saturated rings. The Morgan fingerprint density at radius 2 is 1.54 bits per heavy atom. The molecule has 1 rings (SSSR count). The summed E-state index contributed by atoms with van der Waals surface area (Å²) in [6.07, 6.45) is 5.12. The highest BCUT2D eigenvalue weighted by atomic mass is 31.2. The number of carbonyl (C=O) groups is 1. The van der Waals surface area contributed by atoms with Crippen LogP contribution in [-0.2, 0) is 13.6 Å². The molecule has 1 N–H and O–H groups in total. The van der Waals surface area contributed by atoms with Gasteiger partial charge in [0.05, 0.1) is 18.1 Å². The van der Waals surface area contributed by atoms with Crippen LogP contribution in [0, 0.1) is 10.1 Å². The smallest absolute Gasteiger partial charge is 0.316 e. The number of unbranched alkanes of at least 4 members (excludes halogenated alkanes) is 4. The number of carbonyl (C=O) groups excluding carboxylic acids is 1. The lowest BCUT2D eigenvalue weighted by molar-refractivity contribution is -0.384. The van der Waals surface area contributed by atoms with E-state index in [2.05, 4.69) is 5.32 Å². The van der Waals surface area contributed by atoms with Gasteiger partial charge in [-0.05, 0) is 25.0 Å². The number of rotatable bonds is 13. The quantitative estimate of drug-likeness (QED) is 0.201. The second-order valence-electron chi connectivity index (χ2n) is 5.81. The molecule has 0 saturated heterocycles. The van der Waals surface area contributed by atoms with Crippen molar-refractivity contribution >= 4 is 24.6 Å². The Kier molecular flexibility index (Phi) is 10.1. The topological polar surface area (TPSA) is 108 Å². The summed E-state index contributed by atoms with van der Waals surface area (Å²) in [6.45, 7) is 4.41. The molecule has 0 saturated carbocycles. The van der Waals surface area contributed by atoms with Crippen LogP contribution in [0.5, 0.6) is 0 Å². The maximum absolute atomic E-state index is 12.9. The Bertz CT molecular complexity index is 604. The number of amides is 1. The van der Waals surface area contributed by atoms with Crippen molar-refractivity contribution in [1.29, 1.82) is 0 Å². The van der Waals surface area contributed by atoms with Gasteiger partial charge in [-0.15, -0.1) is 0 Å². The summed E-state index contributed by atoms with van der Waals surface area (Å²) in [7, 11) is -3.97. The van der Waals surface area contributed by atoms with Crippen molar-refractivity contribution in [2.75, 3.05) is 18.5 Å². The van der Waals surface area contributed by atoms with Gasteiger partial charge in [0.2, 0.25) is 0 Å². The first-order valence-corrected chi connectivity index (χ1v) is 10.4. The lowest BCUT2D eigenvalue weighted by Crippen LogP contribution is -2.15. The third-order valence-electron chi connectivity index (χ3n) is 3.60. The summed E-state index contributed by atoms with van der Waals surface area (Å²) in [5.74, 6) is 0. The van der Waals surface area contributed by atoms with Gasteiger partial charge in [-0.2, -0.15) is 0 Å². The second-order valence-corrected chi connectivity index (χ2v) is 7.73. The Morgan fingerprint density at radius 1 is 1.04 bits per heavy atom. The molecule has 0 aromatic heterocycles. The van der Waals surface area contributed by atoms with Gasteiger partial charge in [-0.3, -0.25) is 14.9 Å². The van der Waals surface area contributed by atoms with Crippen LogP contribution in [0.25, 0.3) is 0 Å². The first-order chi connectivity index (χ1) is 12.4. The van der Waals surface area contributed by atoms with Crippen LogP contribution >= 0.6 is 7.60 Å². The summed E-state index contributed by atoms with van der Waals surface area (Å²) < 4.78 is 23.5. The Morgan fingerprint density at radius 3 is 1.96 bits per heavy atom. The summed E-state index contributed by atoms with van der Waals surface area (Å²) in [4.78, 5) is 22.6. The molecule has 0 heterocycles. The fraction of sp³-hybridized carbons (Fsp3) is 0.588. The van der Waals surface area contributed by atoms with Crippen LogP contribution in [0.15, 0.2) is 24.3 Å². The first-order valence-electron chi connectivity index (χ1n) is 8.88. The second kappa shape index (κ2) is 11.8. The summed E-state index contributed by atoms with van der Waals surface area (Å²) in [5.41, 5.74) is -0.674. The first kappa shape index (κ1) is 22.3. The van der Waals surface area contributed by atoms with E-state index in [0.29, 0.717) is 12.8 Å². The van der Waals surface area contributed by atoms with Crippen LogP contribution < -0.4 is 5.32 Å². The number of anilines is 1. The average Bonchev–Trinajstić information content (AvgIpc) is 2.63. The van der Waals surface area contributed by atoms with Crippen molar-refractivity contribution in [3.8, 4) is 0 Å². The van der Waals surface area contributed by atoms with Gasteiger partial charge in [0.15, 0.2) is 0 Å². The van der Waals surface area contributed by atoms with Gasteiger partial charge >= 0.3 is 13.2 Å². The van der Waals surface area contributed by atoms with E-state index in [1.165, 1.54) is 24.3 Å². The number of benzene rings is 1. The molecule has 1 amide bonds. The molecule has 1 aromatic carbocycles. The minimum atomic E-state index is -3.97. The lowest BCUT2D eigenvalue weighted by atomic mass is 10.3. The van der Waals surface area contributed by atoms with Gasteiger partial charge in [0.1, 0.15) is 0 Å². The third kappa shape index (κ3) is 7.64. The van der Waals surface area contributed by atoms with Crippen LogP contribution in [0.2, 0.25) is 0 Å². The molecule has 0 bridgehead atoms. The molecule has 0 atom stereocenters. The van der Waals surface area contributed by atoms with Crippen molar-refractivity contribution in [2.24, 2.45) is 0 Å². The molecule has 26 heavy (non-hydrogen) atoms. The van der Waals surface area contributed by atoms with E-state index in [4.69, 9.17) is 9.05 Å². The molecule has 0 unspecified atom stereocenters. The predicted molar refractivity (Wildman–Crippen MR) is 101 cm³/mol. The predicted octanol–water partition coefficient (Wildman–Crippen LogP) is 5.73. The van der Waals surface area contributed by atoms with Crippen molar-refractivity contribution < 1.29 is 23.3 Å². The van der Waals surface area contributed by atoms with Crippen LogP contribution in [-0.4, -0.2) is 23.8 Å². The minimum absolute atomic E-state index is 0.0992. The van der Waals surface area contributed by atoms with E-state index in [1.807, 2.05) is 13.8 Å². The van der Waals surface area contributed by atoms with Crippen molar-refractivity contribution in [2.45, 2.75) is 52.4 Å². The van der Waals surface area contributed by atoms with Crippen LogP contribution in [0.1, 0.15) is 52.4 Å². The van der Waals surface area contributed by atoms with E-state index >= 15 is 0 Å². The largest absolute Gasteiger partial charge is 0.418 e. The zero-order chi connectivity index (χ0) is 19.4. The molecule has 9 heteroatoms. The number of nitrogens with zero attached hydrogens (tertiary/aromatic N) is 1. The lowest BCUT2D eigenvalue weighted by Gasteiger charge is -2.18. The Balaban J connectivity index is 2.74. The van der Waals surface area contributed by atoms with E-state index in [9.17, 15) is 19.5 Å². The van der Waals surface area contributed by atoms with Gasteiger partial charge in [0, 0.05) is 17.8 Å². The van der Waals surface area contributed by atoms with Gasteiger partial charge in [-0.25, -0.2) is 4.57 Å². The van der Waals surface area contributed by atoms with Crippen molar-refractivity contribution in [1.82, 2.24) is 0 Å². The molecular formula is C17H27N2O6P. The molecule has 146 valence electrons. The van der Waals surface area contributed by atoms with E-state index < -0.39 is 18.2 Å². The highest BCUT2D eigenvalue weighted by Gasteiger charge is 2.35. The zero-order valence-corrected chi connectivity index (χ0v) is 16.2. The van der Waals surface area contributed by atoms with Crippen LogP contribution in [0.4, 0.5) is 16.2 Å². The number of nitro groups is 1. The average molecular weight is 386 g/mol. The molecule has 0 radical (unpaired) electrons. The SMILES string of the molecule is CCCCCOP(=O)(OCCCCC)C(=O)Nc1ccc([N+](=O)[O-])cc1. The summed E-state index contributed by atoms with van der Waals surface area (Å²) in [6, 6.07) is 5.25. The molecule has 8 nitrogen and oxygen atoms in total. The normalized spacial score (nSPS) is 11.3. The summed E-state index contributed by atoms with van der Waals surface area (Å²) in [5, 5.41) is 13.1. The molecule has 1 aromatic rings. The highest BCUT2D eigenvalue weighted by Crippen LogP contribution is 2.50. The van der Waals surface area contributed by atoms with E-state index in [-0.39, 0.29) is 24.6 Å². The number of hydrogen-bond acceptors (Lipinski definition) is 6. The van der Waals surface area contributed by atoms with Crippen LogP contribution in [0.3, 0.4) is 0 Å². The summed E-state index contributed by atoms with van der Waals surface area (Å²) >= 11 is 0. The molecule has 0 spiro atoms. The zero-order valence-electron chi connectivity index (χ0n) is 15.3. The number of hydrogen-bond donors (Lipinski definition) is 1. The monoisotopic (exact) mass is 386 g/mol. The Hall–Kier alpha value is -1.76. The maximum atomic E-state index is 12.9. The minimum Gasteiger partial charge on any atom is -0.316 e. The van der Waals surface area contributed by atoms with E-state index in [0.717, 1.165) is 25.7 Å². The molecule has 0 aliphatic heterocycles. The fourth-order valence-electron chi connectivity index (χ4n) is 2.09. The number of nitro benzene ring substituents is 1. The Labute approximate surface area is 154 Å². The third-order valence-corrected chi connectivity index (χ3v) is 5.25. The van der Waals surface area contributed by atoms with Gasteiger partial charge in [0.25, 0.3) is 5.69 Å². The number of nitrogens with one attached hydrogen (secondary N) is 1. The molecular weight excluding hydrogens is 359 g/mol. The highest BCUT2D eigenvalue weighted by molar-refractivity contribution is 7.72. The van der Waals surface area contributed by atoms with Gasteiger partial charge < -0.3 is 14.4 Å². The fourth-order valence-corrected chi connectivity index (χ4v) is 3.40. The van der Waals surface area contributed by atoms with Crippen molar-refractivity contribution in [3.63, 3.8) is 0 Å². The molecule has 0 aliphatic carbocycles. The number of non-ortho nitro benzene ring substituents is 1. The standard InChI is InChI=1S/C17H27N2O6P/c1-3-5-7-13-24-26(23,25-14-8-6-4-2)17(20)18-15-9-11-16(12-10-15)19(21)22/h9-12H,3-8,13-14H2,1-2H3,(H,18,20). The van der Waals surface area contributed by atoms with E-state index in [1.54, 1.807) is 0 Å².